The summed E-state index contributed by atoms with van der Waals surface area (Å²) in [6.07, 6.45) is 2.28. The maximum atomic E-state index is 9.00. The van der Waals surface area contributed by atoms with E-state index in [4.69, 9.17) is 29.7 Å². The Kier molecular flexibility index (Phi) is 125. The van der Waals surface area contributed by atoms with E-state index < -0.39 is 17.9 Å². The summed E-state index contributed by atoms with van der Waals surface area (Å²) in [5.74, 6) is -2.50. The molecule has 0 atom stereocenters. The maximum Gasteiger partial charge on any atom is 0 e. The largest absolute Gasteiger partial charge is 0.343 e. The summed E-state index contributed by atoms with van der Waals surface area (Å²) in [5, 5.41) is 22.2. The van der Waals surface area contributed by atoms with Crippen molar-refractivity contribution in [1.29, 1.82) is 0 Å². The van der Waals surface area contributed by atoms with Crippen LogP contribution in [0.1, 0.15) is 40.5 Å². The fourth-order valence-corrected chi connectivity index (χ4v) is 0. The van der Waals surface area contributed by atoms with E-state index >= 15 is 0 Å². The Morgan fingerprint density at radius 3 is 0.950 bits per heavy atom. The summed E-state index contributed by atoms with van der Waals surface area (Å²) in [6, 6.07) is 0. The van der Waals surface area contributed by atoms with E-state index in [2.05, 4.69) is 13.8 Å². The first kappa shape index (κ1) is 49.7. The second-order valence-corrected chi connectivity index (χ2v) is 2.41. The Hall–Kier alpha value is 1.03. The molecule has 0 aliphatic rings. The van der Waals surface area contributed by atoms with Gasteiger partial charge in [-0.3, -0.25) is 14.4 Å². The standard InChI is InChI=1S/C4H9.3C2H4O2.Bi.Co.Fe.Ti.3H/c1-3-4-2;3*1-2(3)4;;;;;;;/h1,3-4H2,2H3;3*1H3,(H,3,4);;;;;;;/q-1;;;;;;;;;;. The number of aliphatic carboxylic acids is 3. The third kappa shape index (κ3) is 1500. The minimum atomic E-state index is -0.833. The molecule has 0 saturated heterocycles. The van der Waals surface area contributed by atoms with Crippen molar-refractivity contribution in [3.05, 3.63) is 6.92 Å². The number of carbonyl (C=O) groups is 3. The molecule has 0 unspecified atom stereocenters. The van der Waals surface area contributed by atoms with E-state index in [-0.39, 0.29) is 81.8 Å². The first-order valence-corrected chi connectivity index (χ1v) is 4.49. The fraction of sp³-hybridized carbons (Fsp3) is 0.600. The topological polar surface area (TPSA) is 112 Å². The van der Waals surface area contributed by atoms with Gasteiger partial charge in [0.25, 0.3) is 17.9 Å². The molecule has 127 valence electrons. The van der Waals surface area contributed by atoms with Crippen molar-refractivity contribution in [3.63, 3.8) is 0 Å². The van der Waals surface area contributed by atoms with Gasteiger partial charge in [-0.15, -0.1) is 0 Å². The Morgan fingerprint density at radius 1 is 0.900 bits per heavy atom. The van der Waals surface area contributed by atoms with Crippen LogP contribution in [-0.2, 0) is 69.9 Å². The molecule has 1 radical (unpaired) electrons. The zero-order valence-corrected chi connectivity index (χ0v) is 21.3. The molecule has 0 saturated carbocycles. The molecule has 0 aromatic rings. The molecule has 0 aromatic carbocycles. The van der Waals surface area contributed by atoms with Crippen LogP contribution in [0.2, 0.25) is 0 Å². The summed E-state index contributed by atoms with van der Waals surface area (Å²) in [5.41, 5.74) is 0. The molecule has 0 amide bonds. The average Bonchev–Trinajstić information content (AvgIpc) is 2.00. The number of hydrogen-bond acceptors (Lipinski definition) is 3. The van der Waals surface area contributed by atoms with E-state index in [1.807, 2.05) is 0 Å². The second-order valence-electron chi connectivity index (χ2n) is 2.41. The van der Waals surface area contributed by atoms with Gasteiger partial charge in [0.1, 0.15) is 0 Å². The van der Waals surface area contributed by atoms with Crippen LogP contribution < -0.4 is 0 Å². The van der Waals surface area contributed by atoms with Crippen molar-refractivity contribution in [2.24, 2.45) is 0 Å². The Bertz CT molecular complexity index is 156. The van der Waals surface area contributed by atoms with Gasteiger partial charge < -0.3 is 22.2 Å². The smallest absolute Gasteiger partial charge is 0 e. The van der Waals surface area contributed by atoms with Crippen molar-refractivity contribution in [2.45, 2.75) is 40.5 Å². The molecule has 0 spiro atoms. The zero-order valence-electron chi connectivity index (χ0n) is 12.1. The zero-order chi connectivity index (χ0) is 14.1. The quantitative estimate of drug-likeness (QED) is 0.298. The number of unbranched alkanes of at least 4 members (excludes halogenated alkanes) is 1. The summed E-state index contributed by atoms with van der Waals surface area (Å²) in [4.78, 5) is 27.0. The van der Waals surface area contributed by atoms with Crippen LogP contribution >= 0.6 is 0 Å². The molecule has 10 heteroatoms. The van der Waals surface area contributed by atoms with Gasteiger partial charge in [-0.05, 0) is 0 Å². The summed E-state index contributed by atoms with van der Waals surface area (Å²) < 4.78 is 0. The van der Waals surface area contributed by atoms with E-state index in [1.165, 1.54) is 6.42 Å². The minimum absolute atomic E-state index is 0. The maximum absolute atomic E-state index is 9.00. The van der Waals surface area contributed by atoms with E-state index in [0.29, 0.717) is 0 Å². The molecule has 0 bridgehead atoms. The van der Waals surface area contributed by atoms with Crippen LogP contribution in [0.3, 0.4) is 0 Å². The first-order valence-electron chi connectivity index (χ1n) is 4.49. The van der Waals surface area contributed by atoms with Crippen LogP contribution in [0.5, 0.6) is 0 Å². The van der Waals surface area contributed by atoms with Crippen LogP contribution in [0.15, 0.2) is 0 Å². The minimum Gasteiger partial charge on any atom is -0.343 e. The Balaban J connectivity index is -0.0000000150. The molecule has 0 aliphatic heterocycles. The monoisotopic (exact) mass is 612 g/mol. The van der Waals surface area contributed by atoms with E-state index in [0.717, 1.165) is 27.2 Å². The SMILES string of the molecule is CC(=O)O.CC(=O)O.CC(=O)O.[BiH3].[CH2-]CCC.[Co].[Fe].[Ti]. The Morgan fingerprint density at radius 2 is 0.950 bits per heavy atom. The molecule has 20 heavy (non-hydrogen) atoms. The summed E-state index contributed by atoms with van der Waals surface area (Å²) in [6.45, 7) is 8.97. The van der Waals surface area contributed by atoms with Crippen molar-refractivity contribution in [3.8, 4) is 0 Å². The van der Waals surface area contributed by atoms with Gasteiger partial charge in [0.05, 0.1) is 0 Å². The summed E-state index contributed by atoms with van der Waals surface area (Å²) in [7, 11) is 0. The van der Waals surface area contributed by atoms with Gasteiger partial charge >= 0.3 is 26.2 Å². The average molecular weight is 612 g/mol. The third-order valence-corrected chi connectivity index (χ3v) is 0.354. The molecule has 6 nitrogen and oxygen atoms in total. The normalized spacial score (nSPS) is 5.25. The molecule has 0 fully saturated rings. The molecule has 3 N–H and O–H groups in total. The van der Waals surface area contributed by atoms with Gasteiger partial charge in [0, 0.05) is 76.3 Å². The van der Waals surface area contributed by atoms with Gasteiger partial charge in [-0.25, -0.2) is 0 Å². The van der Waals surface area contributed by atoms with Crippen molar-refractivity contribution in [2.75, 3.05) is 0 Å². The molecule has 0 aromatic heterocycles. The predicted molar refractivity (Wildman–Crippen MR) is 70.1 cm³/mol. The van der Waals surface area contributed by atoms with E-state index in [1.54, 1.807) is 0 Å². The first-order chi connectivity index (χ1) is 7.11. The molecular formula is C10H24BiCoFeO6Ti-. The number of rotatable bonds is 1. The molecule has 0 heterocycles. The Labute approximate surface area is 175 Å². The summed E-state index contributed by atoms with van der Waals surface area (Å²) >= 11 is 0. The van der Waals surface area contributed by atoms with Gasteiger partial charge in [-0.2, -0.15) is 6.42 Å². The molecule has 0 rings (SSSR count). The number of carboxylic acids is 3. The second kappa shape index (κ2) is 50.1. The third-order valence-electron chi connectivity index (χ3n) is 0.354. The molecular weight excluding hydrogens is 588 g/mol. The fourth-order valence-electron chi connectivity index (χ4n) is 0. The van der Waals surface area contributed by atoms with Gasteiger partial charge in [0.15, 0.2) is 0 Å². The number of hydrogen-bond donors (Lipinski definition) is 3. The van der Waals surface area contributed by atoms with Crippen LogP contribution in [0.4, 0.5) is 0 Å². The van der Waals surface area contributed by atoms with Crippen molar-refractivity contribution in [1.82, 2.24) is 0 Å². The molecule has 0 aliphatic carbocycles. The predicted octanol–water partition coefficient (Wildman–Crippen LogP) is 0.702. The van der Waals surface area contributed by atoms with Crippen molar-refractivity contribution >= 4 is 44.1 Å². The number of carboxylic acid groups (broad SMARTS) is 3. The van der Waals surface area contributed by atoms with E-state index in [9.17, 15) is 0 Å². The van der Waals surface area contributed by atoms with Crippen LogP contribution in [0, 0.1) is 6.92 Å². The van der Waals surface area contributed by atoms with Gasteiger partial charge in [-0.1, -0.05) is 13.3 Å². The van der Waals surface area contributed by atoms with Crippen molar-refractivity contribution < 1.29 is 85.3 Å². The van der Waals surface area contributed by atoms with Gasteiger partial charge in [0.2, 0.25) is 0 Å². The van der Waals surface area contributed by atoms with Crippen LogP contribution in [0.25, 0.3) is 0 Å². The van der Waals surface area contributed by atoms with Crippen LogP contribution in [-0.4, -0.2) is 59.4 Å².